The summed E-state index contributed by atoms with van der Waals surface area (Å²) in [6.07, 6.45) is 5.69. The van der Waals surface area contributed by atoms with Crippen molar-refractivity contribution >= 4 is 29.2 Å². The lowest BCUT2D eigenvalue weighted by Crippen LogP contribution is -2.35. The molecule has 3 aromatic heterocycles. The van der Waals surface area contributed by atoms with E-state index in [2.05, 4.69) is 20.5 Å². The lowest BCUT2D eigenvalue weighted by Gasteiger charge is -2.23. The van der Waals surface area contributed by atoms with Crippen LogP contribution in [0.25, 0.3) is 6.08 Å². The van der Waals surface area contributed by atoms with Crippen molar-refractivity contribution in [1.29, 1.82) is 0 Å². The topological polar surface area (TPSA) is 93.0 Å². The molecular weight excluding hydrogens is 424 g/mol. The van der Waals surface area contributed by atoms with Crippen LogP contribution < -0.4 is 5.32 Å². The first-order valence-electron chi connectivity index (χ1n) is 10.7. The Hall–Kier alpha value is -3.33. The molecule has 1 N–H and O–H groups in total. The summed E-state index contributed by atoms with van der Waals surface area (Å²) in [6.45, 7) is 5.79. The number of amides is 2. The van der Waals surface area contributed by atoms with Crippen LogP contribution in [0.4, 0.5) is 0 Å². The molecule has 1 atom stereocenters. The zero-order valence-electron chi connectivity index (χ0n) is 18.1. The van der Waals surface area contributed by atoms with Gasteiger partial charge in [-0.15, -0.1) is 21.5 Å². The summed E-state index contributed by atoms with van der Waals surface area (Å²) >= 11 is 1.60. The van der Waals surface area contributed by atoms with E-state index in [1.54, 1.807) is 41.8 Å². The summed E-state index contributed by atoms with van der Waals surface area (Å²) in [7, 11) is 0. The van der Waals surface area contributed by atoms with Crippen molar-refractivity contribution in [2.24, 2.45) is 5.92 Å². The van der Waals surface area contributed by atoms with Gasteiger partial charge in [-0.3, -0.25) is 14.6 Å². The summed E-state index contributed by atoms with van der Waals surface area (Å²) in [6, 6.07) is 8.88. The van der Waals surface area contributed by atoms with E-state index in [1.165, 1.54) is 0 Å². The molecule has 0 saturated heterocycles. The van der Waals surface area contributed by atoms with E-state index in [4.69, 9.17) is 0 Å². The molecule has 32 heavy (non-hydrogen) atoms. The van der Waals surface area contributed by atoms with E-state index in [0.717, 1.165) is 10.7 Å². The standard InChI is InChI=1S/C23H26N6O2S/c1-16(2)21(25-23(31)18-7-3-4-11-24-18)22-27-26-19-10-12-28(13-14-29(19)22)20(30)9-8-17-6-5-15-32-17/h3-9,11,15-16,21H,10,12-14H2,1-2H3,(H,25,31)/b9-8+/t21-/m0/s1. The monoisotopic (exact) mass is 450 g/mol. The molecule has 0 saturated carbocycles. The molecule has 166 valence electrons. The van der Waals surface area contributed by atoms with E-state index in [0.29, 0.717) is 37.6 Å². The second-order valence-corrected chi connectivity index (χ2v) is 8.94. The molecule has 0 aromatic carbocycles. The van der Waals surface area contributed by atoms with Crippen molar-refractivity contribution in [2.75, 3.05) is 13.1 Å². The van der Waals surface area contributed by atoms with Gasteiger partial charge in [0, 0.05) is 43.2 Å². The molecule has 0 bridgehead atoms. The zero-order chi connectivity index (χ0) is 22.5. The fraction of sp³-hybridized carbons (Fsp3) is 0.348. The third kappa shape index (κ3) is 4.94. The summed E-state index contributed by atoms with van der Waals surface area (Å²) in [5.74, 6) is 1.39. The van der Waals surface area contributed by atoms with Crippen LogP contribution in [0.5, 0.6) is 0 Å². The smallest absolute Gasteiger partial charge is 0.270 e. The SMILES string of the molecule is CC(C)[C@H](NC(=O)c1ccccn1)c1nnc2n1CCN(C(=O)/C=C/c1cccs1)CC2. The van der Waals surface area contributed by atoms with Crippen LogP contribution in [-0.2, 0) is 17.8 Å². The van der Waals surface area contributed by atoms with Gasteiger partial charge >= 0.3 is 0 Å². The van der Waals surface area contributed by atoms with Gasteiger partial charge in [0.25, 0.3) is 5.91 Å². The van der Waals surface area contributed by atoms with Crippen LogP contribution >= 0.6 is 11.3 Å². The molecule has 4 rings (SSSR count). The van der Waals surface area contributed by atoms with Gasteiger partial charge in [-0.05, 0) is 35.6 Å². The molecule has 0 unspecified atom stereocenters. The van der Waals surface area contributed by atoms with Crippen LogP contribution in [0.2, 0.25) is 0 Å². The number of fused-ring (bicyclic) bond motifs is 1. The maximum absolute atomic E-state index is 12.7. The highest BCUT2D eigenvalue weighted by Gasteiger charge is 2.28. The minimum absolute atomic E-state index is 0.0115. The van der Waals surface area contributed by atoms with E-state index < -0.39 is 0 Å². The fourth-order valence-electron chi connectivity index (χ4n) is 3.68. The number of thiophene rings is 1. The van der Waals surface area contributed by atoms with Crippen LogP contribution in [-0.4, -0.2) is 49.6 Å². The van der Waals surface area contributed by atoms with Gasteiger partial charge in [0.15, 0.2) is 5.82 Å². The minimum atomic E-state index is -0.313. The molecule has 4 heterocycles. The van der Waals surface area contributed by atoms with Crippen molar-refractivity contribution in [2.45, 2.75) is 32.9 Å². The van der Waals surface area contributed by atoms with Gasteiger partial charge in [0.05, 0.1) is 6.04 Å². The Balaban J connectivity index is 1.47. The van der Waals surface area contributed by atoms with Crippen molar-refractivity contribution in [3.63, 3.8) is 0 Å². The summed E-state index contributed by atoms with van der Waals surface area (Å²) < 4.78 is 2.04. The molecule has 0 fully saturated rings. The Morgan fingerprint density at radius 1 is 1.12 bits per heavy atom. The number of nitrogens with one attached hydrogen (secondary N) is 1. The van der Waals surface area contributed by atoms with Crippen molar-refractivity contribution in [3.05, 3.63) is 70.2 Å². The predicted octanol–water partition coefficient (Wildman–Crippen LogP) is 2.96. The lowest BCUT2D eigenvalue weighted by molar-refractivity contribution is -0.125. The number of carbonyl (C=O) groups is 2. The minimum Gasteiger partial charge on any atom is -0.340 e. The van der Waals surface area contributed by atoms with Crippen LogP contribution in [0.15, 0.2) is 48.0 Å². The highest BCUT2D eigenvalue weighted by Crippen LogP contribution is 2.23. The Labute approximate surface area is 191 Å². The van der Waals surface area contributed by atoms with Crippen molar-refractivity contribution in [1.82, 2.24) is 30.0 Å². The number of rotatable bonds is 6. The third-order valence-corrected chi connectivity index (χ3v) is 6.27. The number of aromatic nitrogens is 4. The van der Waals surface area contributed by atoms with E-state index in [1.807, 2.05) is 46.9 Å². The molecule has 2 amide bonds. The van der Waals surface area contributed by atoms with Crippen molar-refractivity contribution in [3.8, 4) is 0 Å². The Kier molecular flexibility index (Phi) is 6.75. The Morgan fingerprint density at radius 2 is 2.00 bits per heavy atom. The van der Waals surface area contributed by atoms with Crippen LogP contribution in [0.3, 0.4) is 0 Å². The fourth-order valence-corrected chi connectivity index (χ4v) is 4.30. The van der Waals surface area contributed by atoms with Gasteiger partial charge < -0.3 is 14.8 Å². The molecule has 1 aliphatic rings. The lowest BCUT2D eigenvalue weighted by atomic mass is 10.0. The normalized spacial score (nSPS) is 14.9. The number of carbonyl (C=O) groups excluding carboxylic acids is 2. The zero-order valence-corrected chi connectivity index (χ0v) is 19.0. The molecule has 1 aliphatic heterocycles. The Bertz CT molecular complexity index is 1090. The maximum atomic E-state index is 12.7. The van der Waals surface area contributed by atoms with Crippen molar-refractivity contribution < 1.29 is 9.59 Å². The van der Waals surface area contributed by atoms with E-state index in [-0.39, 0.29) is 23.8 Å². The third-order valence-electron chi connectivity index (χ3n) is 5.43. The summed E-state index contributed by atoms with van der Waals surface area (Å²) in [4.78, 5) is 32.4. The highest BCUT2D eigenvalue weighted by molar-refractivity contribution is 7.10. The molecule has 9 heteroatoms. The quantitative estimate of drug-likeness (QED) is 0.583. The first-order valence-corrected chi connectivity index (χ1v) is 11.5. The average Bonchev–Trinajstić information content (AvgIpc) is 3.41. The Morgan fingerprint density at radius 3 is 2.72 bits per heavy atom. The first kappa shape index (κ1) is 21.9. The van der Waals surface area contributed by atoms with Crippen LogP contribution in [0, 0.1) is 5.92 Å². The van der Waals surface area contributed by atoms with Gasteiger partial charge in [-0.25, -0.2) is 0 Å². The number of hydrogen-bond donors (Lipinski definition) is 1. The van der Waals surface area contributed by atoms with E-state index in [9.17, 15) is 9.59 Å². The van der Waals surface area contributed by atoms with Crippen LogP contribution in [0.1, 0.15) is 46.9 Å². The number of pyridine rings is 1. The predicted molar refractivity (Wildman–Crippen MR) is 123 cm³/mol. The molecule has 3 aromatic rings. The molecule has 0 radical (unpaired) electrons. The summed E-state index contributed by atoms with van der Waals surface area (Å²) in [5.41, 5.74) is 0.364. The second-order valence-electron chi connectivity index (χ2n) is 7.96. The number of nitrogens with zero attached hydrogens (tertiary/aromatic N) is 5. The van der Waals surface area contributed by atoms with Gasteiger partial charge in [0.1, 0.15) is 11.5 Å². The largest absolute Gasteiger partial charge is 0.340 e. The van der Waals surface area contributed by atoms with Gasteiger partial charge in [0.2, 0.25) is 5.91 Å². The first-order chi connectivity index (χ1) is 15.5. The molecular formula is C23H26N6O2S. The maximum Gasteiger partial charge on any atom is 0.270 e. The van der Waals surface area contributed by atoms with Gasteiger partial charge in [-0.2, -0.15) is 0 Å². The molecule has 0 spiro atoms. The molecule has 8 nitrogen and oxygen atoms in total. The average molecular weight is 451 g/mol. The highest BCUT2D eigenvalue weighted by atomic mass is 32.1. The summed E-state index contributed by atoms with van der Waals surface area (Å²) in [5, 5.41) is 13.8. The molecule has 0 aliphatic carbocycles. The second kappa shape index (κ2) is 9.86. The van der Waals surface area contributed by atoms with E-state index >= 15 is 0 Å². The number of hydrogen-bond acceptors (Lipinski definition) is 6. The van der Waals surface area contributed by atoms with Gasteiger partial charge in [-0.1, -0.05) is 26.0 Å².